The average molecular weight is 282 g/mol. The Bertz CT molecular complexity index is 690. The van der Waals surface area contributed by atoms with E-state index in [1.165, 1.54) is 0 Å². The minimum absolute atomic E-state index is 0.152. The van der Waals surface area contributed by atoms with Crippen LogP contribution in [0.4, 0.5) is 5.69 Å². The first-order valence-corrected chi connectivity index (χ1v) is 6.80. The standard InChI is InChI=1S/C17H18N2O2/c1-13(2)19-10-4-9-16(19)17(21)18-15-8-3-6-14(12-15)7-5-11-20/h3-4,6,8-10,12-13,20H,11H2,1-2H3,(H,18,21). The monoisotopic (exact) mass is 282 g/mol. The normalized spacial score (nSPS) is 10.1. The minimum Gasteiger partial charge on any atom is -0.384 e. The van der Waals surface area contributed by atoms with Crippen LogP contribution < -0.4 is 5.32 Å². The molecule has 0 saturated heterocycles. The second kappa shape index (κ2) is 6.78. The van der Waals surface area contributed by atoms with E-state index in [2.05, 4.69) is 17.2 Å². The highest BCUT2D eigenvalue weighted by atomic mass is 16.2. The van der Waals surface area contributed by atoms with Gasteiger partial charge in [0.1, 0.15) is 12.3 Å². The molecule has 0 aliphatic heterocycles. The lowest BCUT2D eigenvalue weighted by Gasteiger charge is -2.13. The Morgan fingerprint density at radius 1 is 1.33 bits per heavy atom. The molecule has 1 heterocycles. The van der Waals surface area contributed by atoms with Gasteiger partial charge in [-0.1, -0.05) is 17.9 Å². The smallest absolute Gasteiger partial charge is 0.272 e. The van der Waals surface area contributed by atoms with Gasteiger partial charge in [-0.15, -0.1) is 0 Å². The first-order valence-electron chi connectivity index (χ1n) is 6.80. The summed E-state index contributed by atoms with van der Waals surface area (Å²) in [7, 11) is 0. The quantitative estimate of drug-likeness (QED) is 0.850. The Morgan fingerprint density at radius 2 is 2.14 bits per heavy atom. The summed E-state index contributed by atoms with van der Waals surface area (Å²) in [6.07, 6.45) is 1.89. The summed E-state index contributed by atoms with van der Waals surface area (Å²) in [5.41, 5.74) is 2.05. The number of hydrogen-bond acceptors (Lipinski definition) is 2. The van der Waals surface area contributed by atoms with Crippen molar-refractivity contribution in [1.82, 2.24) is 4.57 Å². The van der Waals surface area contributed by atoms with Crippen molar-refractivity contribution in [3.8, 4) is 11.8 Å². The molecule has 1 amide bonds. The minimum atomic E-state index is -0.182. The van der Waals surface area contributed by atoms with Crippen LogP contribution in [0.15, 0.2) is 42.6 Å². The molecule has 0 aliphatic carbocycles. The summed E-state index contributed by atoms with van der Waals surface area (Å²) < 4.78 is 1.92. The van der Waals surface area contributed by atoms with E-state index in [-0.39, 0.29) is 18.6 Å². The Labute approximate surface area is 124 Å². The summed E-state index contributed by atoms with van der Waals surface area (Å²) in [4.78, 5) is 12.3. The summed E-state index contributed by atoms with van der Waals surface area (Å²) in [6.45, 7) is 3.88. The third-order valence-corrected chi connectivity index (χ3v) is 3.00. The van der Waals surface area contributed by atoms with E-state index in [0.29, 0.717) is 11.4 Å². The molecular formula is C17H18N2O2. The number of carbonyl (C=O) groups is 1. The molecule has 4 nitrogen and oxygen atoms in total. The molecule has 1 aromatic heterocycles. The van der Waals surface area contributed by atoms with Gasteiger partial charge in [0.15, 0.2) is 0 Å². The van der Waals surface area contributed by atoms with Crippen LogP contribution in [0.25, 0.3) is 0 Å². The number of nitrogens with one attached hydrogen (secondary N) is 1. The molecule has 0 spiro atoms. The van der Waals surface area contributed by atoms with E-state index in [4.69, 9.17) is 5.11 Å². The van der Waals surface area contributed by atoms with Crippen LogP contribution in [0.2, 0.25) is 0 Å². The molecule has 0 aliphatic rings. The molecule has 1 aromatic carbocycles. The SMILES string of the molecule is CC(C)n1cccc1C(=O)Nc1cccc(C#CCO)c1. The van der Waals surface area contributed by atoms with Gasteiger partial charge >= 0.3 is 0 Å². The van der Waals surface area contributed by atoms with Crippen LogP contribution in [0.3, 0.4) is 0 Å². The first kappa shape index (κ1) is 14.9. The van der Waals surface area contributed by atoms with Crippen molar-refractivity contribution in [2.24, 2.45) is 0 Å². The number of nitrogens with zero attached hydrogens (tertiary/aromatic N) is 1. The van der Waals surface area contributed by atoms with Crippen LogP contribution >= 0.6 is 0 Å². The lowest BCUT2D eigenvalue weighted by atomic mass is 10.2. The van der Waals surface area contributed by atoms with Gasteiger partial charge in [-0.25, -0.2) is 0 Å². The number of carbonyl (C=O) groups excluding carboxylic acids is 1. The van der Waals surface area contributed by atoms with Gasteiger partial charge in [0.25, 0.3) is 5.91 Å². The lowest BCUT2D eigenvalue weighted by molar-refractivity contribution is 0.101. The Balaban J connectivity index is 2.18. The molecule has 0 radical (unpaired) electrons. The van der Waals surface area contributed by atoms with E-state index in [1.807, 2.05) is 48.9 Å². The molecule has 0 bridgehead atoms. The molecule has 2 N–H and O–H groups in total. The number of aliphatic hydroxyl groups is 1. The van der Waals surface area contributed by atoms with Crippen LogP contribution in [0, 0.1) is 11.8 Å². The number of aromatic nitrogens is 1. The number of benzene rings is 1. The van der Waals surface area contributed by atoms with Crippen LogP contribution in [0.5, 0.6) is 0 Å². The van der Waals surface area contributed by atoms with Crippen molar-refractivity contribution in [2.75, 3.05) is 11.9 Å². The zero-order valence-corrected chi connectivity index (χ0v) is 12.1. The lowest BCUT2D eigenvalue weighted by Crippen LogP contribution is -2.17. The van der Waals surface area contributed by atoms with E-state index >= 15 is 0 Å². The molecule has 108 valence electrons. The van der Waals surface area contributed by atoms with Crippen molar-refractivity contribution < 1.29 is 9.90 Å². The van der Waals surface area contributed by atoms with Gasteiger partial charge in [0, 0.05) is 23.5 Å². The average Bonchev–Trinajstić information content (AvgIpc) is 2.95. The fourth-order valence-electron chi connectivity index (χ4n) is 2.05. The van der Waals surface area contributed by atoms with Crippen molar-refractivity contribution in [2.45, 2.75) is 19.9 Å². The van der Waals surface area contributed by atoms with Gasteiger partial charge in [-0.2, -0.15) is 0 Å². The molecule has 2 rings (SSSR count). The topological polar surface area (TPSA) is 54.3 Å². The maximum Gasteiger partial charge on any atom is 0.272 e. The molecule has 0 atom stereocenters. The van der Waals surface area contributed by atoms with Crippen molar-refractivity contribution in [1.29, 1.82) is 0 Å². The highest BCUT2D eigenvalue weighted by molar-refractivity contribution is 6.03. The maximum absolute atomic E-state index is 12.3. The number of rotatable bonds is 3. The molecule has 21 heavy (non-hydrogen) atoms. The van der Waals surface area contributed by atoms with Gasteiger partial charge < -0.3 is 15.0 Å². The van der Waals surface area contributed by atoms with Crippen molar-refractivity contribution in [3.63, 3.8) is 0 Å². The van der Waals surface area contributed by atoms with Gasteiger partial charge in [0.2, 0.25) is 0 Å². The van der Waals surface area contributed by atoms with Crippen LogP contribution in [0.1, 0.15) is 35.9 Å². The van der Waals surface area contributed by atoms with Crippen molar-refractivity contribution in [3.05, 3.63) is 53.9 Å². The molecule has 2 aromatic rings. The Kier molecular flexibility index (Phi) is 4.81. The molecule has 0 fully saturated rings. The molecule has 0 unspecified atom stereocenters. The predicted octanol–water partition coefficient (Wildman–Crippen LogP) is 2.67. The van der Waals surface area contributed by atoms with Crippen molar-refractivity contribution >= 4 is 11.6 Å². The number of anilines is 1. The highest BCUT2D eigenvalue weighted by Crippen LogP contribution is 2.15. The van der Waals surface area contributed by atoms with Gasteiger partial charge in [-0.05, 0) is 44.2 Å². The van der Waals surface area contributed by atoms with E-state index in [0.717, 1.165) is 5.56 Å². The number of hydrogen-bond donors (Lipinski definition) is 2. The van der Waals surface area contributed by atoms with Gasteiger partial charge in [-0.3, -0.25) is 4.79 Å². The molecule has 0 saturated carbocycles. The largest absolute Gasteiger partial charge is 0.384 e. The zero-order chi connectivity index (χ0) is 15.2. The van der Waals surface area contributed by atoms with Gasteiger partial charge in [0.05, 0.1) is 0 Å². The van der Waals surface area contributed by atoms with E-state index < -0.39 is 0 Å². The summed E-state index contributed by atoms with van der Waals surface area (Å²) in [5, 5.41) is 11.6. The fraction of sp³-hybridized carbons (Fsp3) is 0.235. The third-order valence-electron chi connectivity index (χ3n) is 3.00. The fourth-order valence-corrected chi connectivity index (χ4v) is 2.05. The van der Waals surface area contributed by atoms with E-state index in [1.54, 1.807) is 12.1 Å². The third kappa shape index (κ3) is 3.74. The molecular weight excluding hydrogens is 264 g/mol. The summed E-state index contributed by atoms with van der Waals surface area (Å²) >= 11 is 0. The number of aliphatic hydroxyl groups excluding tert-OH is 1. The van der Waals surface area contributed by atoms with E-state index in [9.17, 15) is 4.79 Å². The second-order valence-corrected chi connectivity index (χ2v) is 4.89. The number of amides is 1. The first-order chi connectivity index (χ1) is 10.1. The summed E-state index contributed by atoms with van der Waals surface area (Å²) in [5.74, 6) is 5.25. The zero-order valence-electron chi connectivity index (χ0n) is 12.1. The maximum atomic E-state index is 12.3. The van der Waals surface area contributed by atoms with Crippen LogP contribution in [-0.4, -0.2) is 22.2 Å². The highest BCUT2D eigenvalue weighted by Gasteiger charge is 2.12. The molecule has 4 heteroatoms. The Hall–Kier alpha value is -2.51. The Morgan fingerprint density at radius 3 is 2.86 bits per heavy atom. The predicted molar refractivity (Wildman–Crippen MR) is 83.2 cm³/mol. The van der Waals surface area contributed by atoms with Crippen LogP contribution in [-0.2, 0) is 0 Å². The summed E-state index contributed by atoms with van der Waals surface area (Å²) in [6, 6.07) is 11.1. The second-order valence-electron chi connectivity index (χ2n) is 4.89.